The quantitative estimate of drug-likeness (QED) is 0.681. The van der Waals surface area contributed by atoms with E-state index in [1.165, 1.54) is 30.5 Å². The number of carboxylic acid groups (broad SMARTS) is 1. The molecule has 1 heterocycles. The number of nitro benzene ring substituents is 1. The number of carbonyl (C=O) groups is 1. The molecule has 0 atom stereocenters. The first-order valence-corrected chi connectivity index (χ1v) is 6.38. The Labute approximate surface area is 123 Å². The fourth-order valence-electron chi connectivity index (χ4n) is 1.51. The van der Waals surface area contributed by atoms with Crippen LogP contribution >= 0.6 is 11.8 Å². The molecule has 2 rings (SSSR count). The molecule has 0 saturated carbocycles. The summed E-state index contributed by atoms with van der Waals surface area (Å²) in [4.78, 5) is 25.5. The summed E-state index contributed by atoms with van der Waals surface area (Å²) in [5, 5.41) is 28.9. The molecule has 0 aliphatic carbocycles. The molecular weight excluding hydrogens is 294 g/mol. The van der Waals surface area contributed by atoms with Crippen molar-refractivity contribution in [2.75, 3.05) is 0 Å². The summed E-state index contributed by atoms with van der Waals surface area (Å²) < 4.78 is 0. The molecule has 0 radical (unpaired) electrons. The van der Waals surface area contributed by atoms with Crippen molar-refractivity contribution in [1.82, 2.24) is 4.98 Å². The predicted molar refractivity (Wildman–Crippen MR) is 73.1 cm³/mol. The zero-order valence-corrected chi connectivity index (χ0v) is 11.2. The Morgan fingerprint density at radius 1 is 1.38 bits per heavy atom. The highest BCUT2D eigenvalue weighted by Gasteiger charge is 2.15. The number of nitrogens with zero attached hydrogens (tertiary/aromatic N) is 3. The van der Waals surface area contributed by atoms with Gasteiger partial charge < -0.3 is 5.11 Å². The fourth-order valence-corrected chi connectivity index (χ4v) is 2.30. The summed E-state index contributed by atoms with van der Waals surface area (Å²) in [6, 6.07) is 8.89. The first-order chi connectivity index (χ1) is 10.0. The van der Waals surface area contributed by atoms with E-state index in [0.717, 1.165) is 11.8 Å². The SMILES string of the molecule is N#Cc1ccc(Sc2ccc(C(=O)O)cn2)cc1[N+](=O)[O-]. The van der Waals surface area contributed by atoms with E-state index in [2.05, 4.69) is 4.98 Å². The Balaban J connectivity index is 2.27. The van der Waals surface area contributed by atoms with Crippen LogP contribution in [-0.2, 0) is 0 Å². The number of nitriles is 1. The van der Waals surface area contributed by atoms with Crippen LogP contribution in [0, 0.1) is 21.4 Å². The number of pyridine rings is 1. The minimum atomic E-state index is -1.08. The van der Waals surface area contributed by atoms with Crippen molar-refractivity contribution in [2.24, 2.45) is 0 Å². The van der Waals surface area contributed by atoms with E-state index in [1.54, 1.807) is 12.1 Å². The van der Waals surface area contributed by atoms with Gasteiger partial charge in [0.05, 0.1) is 10.5 Å². The number of hydrogen-bond acceptors (Lipinski definition) is 6. The molecule has 0 fully saturated rings. The molecule has 0 spiro atoms. The van der Waals surface area contributed by atoms with Crippen LogP contribution in [-0.4, -0.2) is 21.0 Å². The largest absolute Gasteiger partial charge is 0.478 e. The van der Waals surface area contributed by atoms with Crippen molar-refractivity contribution in [3.05, 3.63) is 57.8 Å². The van der Waals surface area contributed by atoms with Crippen molar-refractivity contribution in [3.63, 3.8) is 0 Å². The molecule has 0 bridgehead atoms. The monoisotopic (exact) mass is 301 g/mol. The lowest BCUT2D eigenvalue weighted by atomic mass is 10.2. The van der Waals surface area contributed by atoms with Gasteiger partial charge in [0, 0.05) is 17.2 Å². The highest BCUT2D eigenvalue weighted by atomic mass is 32.2. The minimum Gasteiger partial charge on any atom is -0.478 e. The highest BCUT2D eigenvalue weighted by Crippen LogP contribution is 2.30. The van der Waals surface area contributed by atoms with Gasteiger partial charge in [0.25, 0.3) is 5.69 Å². The average molecular weight is 301 g/mol. The van der Waals surface area contributed by atoms with Crippen LogP contribution in [0.3, 0.4) is 0 Å². The molecule has 2 aromatic rings. The fraction of sp³-hybridized carbons (Fsp3) is 0. The Hall–Kier alpha value is -2.92. The lowest BCUT2D eigenvalue weighted by Gasteiger charge is -2.02. The molecule has 1 aromatic heterocycles. The van der Waals surface area contributed by atoms with Crippen LogP contribution in [0.5, 0.6) is 0 Å². The molecule has 8 heteroatoms. The van der Waals surface area contributed by atoms with Crippen LogP contribution in [0.2, 0.25) is 0 Å². The second kappa shape index (κ2) is 6.02. The van der Waals surface area contributed by atoms with Crippen molar-refractivity contribution in [1.29, 1.82) is 5.26 Å². The minimum absolute atomic E-state index is 0.0152. The van der Waals surface area contributed by atoms with Gasteiger partial charge in [0.1, 0.15) is 16.7 Å². The topological polar surface area (TPSA) is 117 Å². The van der Waals surface area contributed by atoms with E-state index in [-0.39, 0.29) is 16.8 Å². The van der Waals surface area contributed by atoms with Gasteiger partial charge in [0.15, 0.2) is 0 Å². The molecular formula is C13H7N3O4S. The number of aromatic carboxylic acids is 1. The number of hydrogen-bond donors (Lipinski definition) is 1. The maximum atomic E-state index is 10.9. The Morgan fingerprint density at radius 3 is 2.67 bits per heavy atom. The number of aromatic nitrogens is 1. The first-order valence-electron chi connectivity index (χ1n) is 5.57. The van der Waals surface area contributed by atoms with Crippen LogP contribution in [0.4, 0.5) is 5.69 Å². The Bertz CT molecular complexity index is 753. The maximum Gasteiger partial charge on any atom is 0.337 e. The molecule has 104 valence electrons. The van der Waals surface area contributed by atoms with E-state index in [0.29, 0.717) is 9.92 Å². The van der Waals surface area contributed by atoms with Crippen molar-refractivity contribution >= 4 is 23.4 Å². The van der Waals surface area contributed by atoms with Gasteiger partial charge in [0.2, 0.25) is 0 Å². The van der Waals surface area contributed by atoms with Gasteiger partial charge in [-0.15, -0.1) is 0 Å². The lowest BCUT2D eigenvalue weighted by Crippen LogP contribution is -1.96. The molecule has 1 N–H and O–H groups in total. The summed E-state index contributed by atoms with van der Waals surface area (Å²) in [5.74, 6) is -1.08. The molecule has 0 saturated heterocycles. The Kier molecular flexibility index (Phi) is 4.15. The van der Waals surface area contributed by atoms with E-state index in [1.807, 2.05) is 0 Å². The summed E-state index contributed by atoms with van der Waals surface area (Å²) in [6.45, 7) is 0. The third-order valence-electron chi connectivity index (χ3n) is 2.49. The predicted octanol–water partition coefficient (Wildman–Crippen LogP) is 2.71. The Morgan fingerprint density at radius 2 is 2.14 bits per heavy atom. The van der Waals surface area contributed by atoms with Crippen LogP contribution in [0.25, 0.3) is 0 Å². The zero-order chi connectivity index (χ0) is 15.4. The van der Waals surface area contributed by atoms with Gasteiger partial charge in [-0.05, 0) is 24.3 Å². The average Bonchev–Trinajstić information content (AvgIpc) is 2.47. The summed E-state index contributed by atoms with van der Waals surface area (Å²) >= 11 is 1.14. The third kappa shape index (κ3) is 3.34. The number of rotatable bonds is 4. The van der Waals surface area contributed by atoms with E-state index >= 15 is 0 Å². The number of benzene rings is 1. The molecule has 0 aliphatic heterocycles. The van der Waals surface area contributed by atoms with Gasteiger partial charge in [-0.1, -0.05) is 11.8 Å². The summed E-state index contributed by atoms with van der Waals surface area (Å²) in [6.07, 6.45) is 1.21. The second-order valence-corrected chi connectivity index (χ2v) is 4.93. The summed E-state index contributed by atoms with van der Waals surface area (Å²) in [5.41, 5.74) is -0.228. The standard InChI is InChI=1S/C13H7N3O4S/c14-6-8-1-3-10(5-11(8)16(19)20)21-12-4-2-9(7-15-12)13(17)18/h1-5,7H,(H,17,18). The van der Waals surface area contributed by atoms with Crippen LogP contribution < -0.4 is 0 Å². The van der Waals surface area contributed by atoms with Crippen molar-refractivity contribution in [2.45, 2.75) is 9.92 Å². The normalized spacial score (nSPS) is 9.86. The van der Waals surface area contributed by atoms with E-state index in [4.69, 9.17) is 10.4 Å². The third-order valence-corrected chi connectivity index (χ3v) is 3.43. The molecule has 7 nitrogen and oxygen atoms in total. The van der Waals surface area contributed by atoms with E-state index in [9.17, 15) is 14.9 Å². The molecule has 1 aromatic carbocycles. The molecule has 0 amide bonds. The smallest absolute Gasteiger partial charge is 0.337 e. The highest BCUT2D eigenvalue weighted by molar-refractivity contribution is 7.99. The van der Waals surface area contributed by atoms with Crippen molar-refractivity contribution in [3.8, 4) is 6.07 Å². The van der Waals surface area contributed by atoms with E-state index < -0.39 is 10.9 Å². The number of nitro groups is 1. The van der Waals surface area contributed by atoms with Gasteiger partial charge in [-0.2, -0.15) is 5.26 Å². The zero-order valence-electron chi connectivity index (χ0n) is 10.4. The maximum absolute atomic E-state index is 10.9. The number of carboxylic acids is 1. The molecule has 0 unspecified atom stereocenters. The second-order valence-electron chi connectivity index (χ2n) is 3.84. The van der Waals surface area contributed by atoms with Crippen LogP contribution in [0.1, 0.15) is 15.9 Å². The summed E-state index contributed by atoms with van der Waals surface area (Å²) in [7, 11) is 0. The molecule has 21 heavy (non-hydrogen) atoms. The van der Waals surface area contributed by atoms with Crippen LogP contribution in [0.15, 0.2) is 46.5 Å². The van der Waals surface area contributed by atoms with Gasteiger partial charge in [-0.3, -0.25) is 10.1 Å². The van der Waals surface area contributed by atoms with Gasteiger partial charge in [-0.25, -0.2) is 9.78 Å². The lowest BCUT2D eigenvalue weighted by molar-refractivity contribution is -0.385. The molecule has 0 aliphatic rings. The van der Waals surface area contributed by atoms with Crippen molar-refractivity contribution < 1.29 is 14.8 Å². The van der Waals surface area contributed by atoms with Gasteiger partial charge >= 0.3 is 5.97 Å². The first kappa shape index (κ1) is 14.5.